The largest absolute Gasteiger partial charge is 0.493 e. The molecular weight excluding hydrogens is 527 g/mol. The highest BCUT2D eigenvalue weighted by Gasteiger charge is 2.32. The van der Waals surface area contributed by atoms with Gasteiger partial charge >= 0.3 is 6.18 Å². The molecule has 2 aliphatic rings. The Morgan fingerprint density at radius 3 is 2.63 bits per heavy atom. The van der Waals surface area contributed by atoms with E-state index in [0.29, 0.717) is 72.1 Å². The second kappa shape index (κ2) is 11.3. The summed E-state index contributed by atoms with van der Waals surface area (Å²) in [6.45, 7) is 2.42. The van der Waals surface area contributed by atoms with Crippen molar-refractivity contribution in [3.05, 3.63) is 35.6 Å². The minimum atomic E-state index is -4.16. The molecule has 5 rings (SSSR count). The summed E-state index contributed by atoms with van der Waals surface area (Å²) in [5, 5.41) is 4.47. The number of fused-ring (bicyclic) bond motifs is 2. The molecule has 0 unspecified atom stereocenters. The summed E-state index contributed by atoms with van der Waals surface area (Å²) in [7, 11) is 1.57. The Bertz CT molecular complexity index is 1290. The van der Waals surface area contributed by atoms with Crippen molar-refractivity contribution in [1.82, 2.24) is 19.8 Å². The van der Waals surface area contributed by atoms with Crippen LogP contribution in [0, 0.1) is 0 Å². The molecule has 1 fully saturated rings. The molecule has 204 valence electrons. The fraction of sp³-hybridized carbons (Fsp3) is 0.440. The smallest absolute Gasteiger partial charge is 0.401 e. The van der Waals surface area contributed by atoms with Gasteiger partial charge in [0.25, 0.3) is 5.88 Å². The molecule has 0 atom stereocenters. The molecule has 2 aromatic heterocycles. The molecular formula is C25H27ClF3N5O4. The first-order valence-electron chi connectivity index (χ1n) is 12.1. The van der Waals surface area contributed by atoms with Gasteiger partial charge < -0.3 is 29.2 Å². The maximum Gasteiger partial charge on any atom is 0.401 e. The van der Waals surface area contributed by atoms with Crippen LogP contribution < -0.4 is 24.3 Å². The first-order chi connectivity index (χ1) is 18.3. The van der Waals surface area contributed by atoms with Crippen LogP contribution in [0.15, 0.2) is 30.6 Å². The van der Waals surface area contributed by atoms with Gasteiger partial charge in [0.2, 0.25) is 12.5 Å². The molecule has 0 spiro atoms. The number of ether oxygens (including phenoxy) is 4. The number of hydrogen-bond acceptors (Lipinski definition) is 9. The van der Waals surface area contributed by atoms with E-state index in [2.05, 4.69) is 20.2 Å². The van der Waals surface area contributed by atoms with Crippen LogP contribution in [0.3, 0.4) is 0 Å². The van der Waals surface area contributed by atoms with Crippen molar-refractivity contribution in [1.29, 1.82) is 0 Å². The summed E-state index contributed by atoms with van der Waals surface area (Å²) in [5.41, 5.74) is 1.96. The summed E-state index contributed by atoms with van der Waals surface area (Å²) in [6.07, 6.45) is -0.263. The predicted molar refractivity (Wildman–Crippen MR) is 136 cm³/mol. The Morgan fingerprint density at radius 2 is 1.87 bits per heavy atom. The molecule has 1 aromatic carbocycles. The molecule has 3 aromatic rings. The first-order valence-corrected chi connectivity index (χ1v) is 12.5. The number of nitrogens with zero attached hydrogens (tertiary/aromatic N) is 4. The third-order valence-electron chi connectivity index (χ3n) is 6.38. The number of halogens is 4. The number of aromatic nitrogens is 2. The topological polar surface area (TPSA) is 81.2 Å². The fourth-order valence-electron chi connectivity index (χ4n) is 4.52. The summed E-state index contributed by atoms with van der Waals surface area (Å²) >= 11 is 6.38. The summed E-state index contributed by atoms with van der Waals surface area (Å²) in [5.74, 6) is 1.90. The van der Waals surface area contributed by atoms with E-state index in [1.54, 1.807) is 13.3 Å². The molecule has 9 nitrogen and oxygen atoms in total. The van der Waals surface area contributed by atoms with Gasteiger partial charge in [-0.15, -0.1) is 0 Å². The van der Waals surface area contributed by atoms with Crippen LogP contribution in [-0.2, 0) is 0 Å². The van der Waals surface area contributed by atoms with Crippen LogP contribution in [0.2, 0.25) is 5.02 Å². The van der Waals surface area contributed by atoms with Crippen LogP contribution in [0.1, 0.15) is 6.42 Å². The van der Waals surface area contributed by atoms with Crippen molar-refractivity contribution in [3.8, 4) is 23.1 Å². The molecule has 2 aliphatic heterocycles. The van der Waals surface area contributed by atoms with Crippen molar-refractivity contribution in [2.24, 2.45) is 0 Å². The highest BCUT2D eigenvalue weighted by atomic mass is 35.5. The van der Waals surface area contributed by atoms with E-state index >= 15 is 0 Å². The zero-order valence-electron chi connectivity index (χ0n) is 20.7. The Morgan fingerprint density at radius 1 is 1.08 bits per heavy atom. The van der Waals surface area contributed by atoms with Gasteiger partial charge in [0, 0.05) is 56.1 Å². The molecule has 0 saturated carbocycles. The van der Waals surface area contributed by atoms with Gasteiger partial charge in [-0.1, -0.05) is 11.6 Å². The number of pyridine rings is 2. The summed E-state index contributed by atoms with van der Waals surface area (Å²) in [6, 6.07) is 5.47. The zero-order chi connectivity index (χ0) is 26.7. The van der Waals surface area contributed by atoms with Gasteiger partial charge in [-0.3, -0.25) is 9.88 Å². The van der Waals surface area contributed by atoms with Crippen LogP contribution in [0.4, 0.5) is 24.5 Å². The molecule has 0 radical (unpaired) electrons. The van der Waals surface area contributed by atoms with Crippen molar-refractivity contribution in [3.63, 3.8) is 0 Å². The standard InChI is InChI=1S/C25H27ClF3N5O4/c1-35-20-11-16-18(32-22-17(26)13-31-24-23(22)37-15-38-24)3-4-30-19(16)12-21(20)36-10-2-5-33-6-8-34(9-7-33)14-25(27,28)29/h3-4,11-13H,2,5-10,14-15H2,1H3,(H,30,31,32). The average Bonchev–Trinajstić information content (AvgIpc) is 3.37. The molecule has 0 aliphatic carbocycles. The van der Waals surface area contributed by atoms with Crippen LogP contribution >= 0.6 is 11.6 Å². The highest BCUT2D eigenvalue weighted by Crippen LogP contribution is 2.44. The quantitative estimate of drug-likeness (QED) is 0.379. The second-order valence-electron chi connectivity index (χ2n) is 8.96. The van der Waals surface area contributed by atoms with Gasteiger partial charge in [-0.05, 0) is 18.6 Å². The van der Waals surface area contributed by atoms with E-state index in [9.17, 15) is 13.2 Å². The number of anilines is 2. The number of piperazine rings is 1. The van der Waals surface area contributed by atoms with Crippen molar-refractivity contribution >= 4 is 33.9 Å². The monoisotopic (exact) mass is 553 g/mol. The minimum Gasteiger partial charge on any atom is -0.493 e. The maximum absolute atomic E-state index is 12.6. The van der Waals surface area contributed by atoms with E-state index in [1.165, 1.54) is 11.1 Å². The van der Waals surface area contributed by atoms with Gasteiger partial charge in [-0.2, -0.15) is 13.2 Å². The molecule has 4 heterocycles. The lowest BCUT2D eigenvalue weighted by atomic mass is 10.1. The van der Waals surface area contributed by atoms with E-state index < -0.39 is 12.7 Å². The number of hydrogen-bond donors (Lipinski definition) is 1. The van der Waals surface area contributed by atoms with Crippen LogP contribution in [0.25, 0.3) is 10.9 Å². The Hall–Kier alpha value is -3.22. The van der Waals surface area contributed by atoms with Crippen molar-refractivity contribution < 1.29 is 32.1 Å². The Kier molecular flexibility index (Phi) is 7.82. The predicted octanol–water partition coefficient (Wildman–Crippen LogP) is 4.71. The summed E-state index contributed by atoms with van der Waals surface area (Å²) in [4.78, 5) is 12.2. The highest BCUT2D eigenvalue weighted by molar-refractivity contribution is 6.33. The Balaban J connectivity index is 1.22. The van der Waals surface area contributed by atoms with Gasteiger partial charge in [0.05, 0.1) is 37.0 Å². The number of rotatable bonds is 9. The molecule has 0 bridgehead atoms. The lowest BCUT2D eigenvalue weighted by Gasteiger charge is -2.34. The van der Waals surface area contributed by atoms with Crippen molar-refractivity contribution in [2.45, 2.75) is 12.6 Å². The van der Waals surface area contributed by atoms with Crippen LogP contribution in [-0.4, -0.2) is 85.7 Å². The average molecular weight is 554 g/mol. The number of benzene rings is 1. The number of nitrogens with one attached hydrogen (secondary N) is 1. The number of alkyl halides is 3. The van der Waals surface area contributed by atoms with Gasteiger partial charge in [-0.25, -0.2) is 4.98 Å². The third-order valence-corrected chi connectivity index (χ3v) is 6.67. The van der Waals surface area contributed by atoms with Gasteiger partial charge in [0.1, 0.15) is 5.69 Å². The number of methoxy groups -OCH3 is 1. The Labute approximate surface area is 222 Å². The van der Waals surface area contributed by atoms with E-state index in [1.807, 2.05) is 18.2 Å². The maximum atomic E-state index is 12.6. The SMILES string of the molecule is COc1cc2c(Nc3c(Cl)cnc4c3OCO4)ccnc2cc1OCCCN1CCN(CC(F)(F)F)CC1. The normalized spacial score (nSPS) is 16.1. The molecule has 38 heavy (non-hydrogen) atoms. The fourth-order valence-corrected chi connectivity index (χ4v) is 4.70. The second-order valence-corrected chi connectivity index (χ2v) is 9.37. The third kappa shape index (κ3) is 6.08. The van der Waals surface area contributed by atoms with E-state index in [-0.39, 0.29) is 6.79 Å². The van der Waals surface area contributed by atoms with Crippen molar-refractivity contribution in [2.75, 3.05) is 65.1 Å². The lowest BCUT2D eigenvalue weighted by molar-refractivity contribution is -0.149. The molecule has 1 saturated heterocycles. The van der Waals surface area contributed by atoms with E-state index in [4.69, 9.17) is 30.5 Å². The lowest BCUT2D eigenvalue weighted by Crippen LogP contribution is -2.49. The molecule has 0 amide bonds. The minimum absolute atomic E-state index is 0.0667. The zero-order valence-corrected chi connectivity index (χ0v) is 21.4. The molecule has 13 heteroatoms. The molecule has 1 N–H and O–H groups in total. The summed E-state index contributed by atoms with van der Waals surface area (Å²) < 4.78 is 60.2. The van der Waals surface area contributed by atoms with E-state index in [0.717, 1.165) is 24.0 Å². The van der Waals surface area contributed by atoms with Crippen LogP contribution in [0.5, 0.6) is 23.1 Å². The van der Waals surface area contributed by atoms with Gasteiger partial charge in [0.15, 0.2) is 11.5 Å². The first kappa shape index (κ1) is 26.4.